The zero-order chi connectivity index (χ0) is 18.5. The first kappa shape index (κ1) is 31.6. The Morgan fingerprint density at radius 1 is 0.538 bits per heavy atom. The maximum atomic E-state index is 11.4. The minimum Gasteiger partial charge on any atom is -0.293 e. The summed E-state index contributed by atoms with van der Waals surface area (Å²) in [6, 6.07) is 0. The molecule has 140 valence electrons. The zero-order valence-corrected chi connectivity index (χ0v) is 21.3. The molecule has 0 fully saturated rings. The van der Waals surface area contributed by atoms with Crippen LogP contribution in [-0.2, 0) is 19.2 Å². The monoisotopic (exact) mass is 426 g/mol. The van der Waals surface area contributed by atoms with Crippen molar-refractivity contribution in [1.82, 2.24) is 31.5 Å². The van der Waals surface area contributed by atoms with Gasteiger partial charge in [-0.1, -0.05) is 0 Å². The molecule has 0 aromatic carbocycles. The molecule has 16 heteroatoms. The van der Waals surface area contributed by atoms with Gasteiger partial charge in [-0.2, -0.15) is 0 Å². The van der Waals surface area contributed by atoms with Gasteiger partial charge in [0.1, 0.15) is 0 Å². The third kappa shape index (κ3) is 15.9. The standard InChI is InChI=1S/C10H24N10O4.2K/c11-15-7(21)3-19(4-8(22)16-12)1-2-20(5-9(23)17-13)6-10(24)18-14;;/h1-6,11-14H2,(H,15,21)(H,16,22)(H,17,23)(H,18,24);;. The summed E-state index contributed by atoms with van der Waals surface area (Å²) in [6.07, 6.45) is 0. The molecule has 0 aliphatic carbocycles. The first-order valence-corrected chi connectivity index (χ1v) is 6.78. The van der Waals surface area contributed by atoms with Crippen LogP contribution in [0, 0.1) is 0 Å². The van der Waals surface area contributed by atoms with Gasteiger partial charge in [-0.05, 0) is 0 Å². The van der Waals surface area contributed by atoms with Gasteiger partial charge in [0.2, 0.25) is 23.6 Å². The fraction of sp³-hybridized carbons (Fsp3) is 0.600. The van der Waals surface area contributed by atoms with Crippen LogP contribution in [0.15, 0.2) is 0 Å². The molecule has 0 saturated carbocycles. The summed E-state index contributed by atoms with van der Waals surface area (Å²) < 4.78 is 0. The number of rotatable bonds is 11. The predicted octanol–water partition coefficient (Wildman–Crippen LogP) is -7.21. The quantitative estimate of drug-likeness (QED) is 0.0673. The zero-order valence-electron chi connectivity index (χ0n) is 15.1. The van der Waals surface area contributed by atoms with E-state index >= 15 is 0 Å². The van der Waals surface area contributed by atoms with E-state index < -0.39 is 23.6 Å². The second-order valence-corrected chi connectivity index (χ2v) is 4.69. The van der Waals surface area contributed by atoms with Gasteiger partial charge in [-0.3, -0.25) is 50.7 Å². The van der Waals surface area contributed by atoms with Gasteiger partial charge in [-0.15, -0.1) is 0 Å². The van der Waals surface area contributed by atoms with E-state index in [1.807, 2.05) is 21.7 Å². The third-order valence-electron chi connectivity index (χ3n) is 2.85. The Balaban J connectivity index is -0.00000264. The molecule has 0 aromatic heterocycles. The van der Waals surface area contributed by atoms with E-state index in [0.717, 1.165) is 0 Å². The van der Waals surface area contributed by atoms with Crippen LogP contribution in [0.1, 0.15) is 0 Å². The molecular formula is C10H24K2N10O4. The van der Waals surface area contributed by atoms with Crippen LogP contribution in [0.25, 0.3) is 0 Å². The van der Waals surface area contributed by atoms with E-state index in [1.165, 1.54) is 9.80 Å². The van der Waals surface area contributed by atoms with Crippen molar-refractivity contribution in [2.45, 2.75) is 0 Å². The van der Waals surface area contributed by atoms with E-state index in [-0.39, 0.29) is 142 Å². The van der Waals surface area contributed by atoms with E-state index in [1.54, 1.807) is 0 Å². The van der Waals surface area contributed by atoms with Crippen molar-refractivity contribution >= 4 is 126 Å². The number of hydrogen-bond acceptors (Lipinski definition) is 10. The number of carbonyl (C=O) groups is 4. The fourth-order valence-electron chi connectivity index (χ4n) is 1.71. The number of nitrogens with one attached hydrogen (secondary N) is 4. The Kier molecular flexibility index (Phi) is 23.4. The summed E-state index contributed by atoms with van der Waals surface area (Å²) in [5.74, 6) is 18.0. The number of hydrazine groups is 4. The third-order valence-corrected chi connectivity index (χ3v) is 2.85. The smallest absolute Gasteiger partial charge is 0.248 e. The molecule has 0 bridgehead atoms. The van der Waals surface area contributed by atoms with Crippen molar-refractivity contribution in [3.63, 3.8) is 0 Å². The van der Waals surface area contributed by atoms with Crippen LogP contribution in [-0.4, -0.2) is 175 Å². The van der Waals surface area contributed by atoms with Gasteiger partial charge in [0, 0.05) is 116 Å². The summed E-state index contributed by atoms with van der Waals surface area (Å²) in [5.41, 5.74) is 7.75. The molecule has 0 unspecified atom stereocenters. The molecule has 0 aliphatic rings. The summed E-state index contributed by atoms with van der Waals surface area (Å²) in [7, 11) is 0. The number of amides is 4. The second-order valence-electron chi connectivity index (χ2n) is 4.69. The molecule has 0 heterocycles. The number of nitrogens with two attached hydrogens (primary N) is 4. The molecule has 0 aromatic rings. The number of carbonyl (C=O) groups excluding carboxylic acids is 4. The van der Waals surface area contributed by atoms with Gasteiger partial charge in [-0.25, -0.2) is 23.4 Å². The fourth-order valence-corrected chi connectivity index (χ4v) is 1.71. The second kappa shape index (κ2) is 19.2. The molecule has 26 heavy (non-hydrogen) atoms. The van der Waals surface area contributed by atoms with E-state index in [4.69, 9.17) is 23.4 Å². The van der Waals surface area contributed by atoms with Gasteiger partial charge in [0.15, 0.2) is 0 Å². The molecular weight excluding hydrogens is 402 g/mol. The SMILES string of the molecule is NNC(=O)CN(CCN(CC(=O)NN)CC(=O)NN)CC(=O)NN.[K].[K]. The predicted molar refractivity (Wildman–Crippen MR) is 93.7 cm³/mol. The summed E-state index contributed by atoms with van der Waals surface area (Å²) in [5, 5.41) is 0. The van der Waals surface area contributed by atoms with Gasteiger partial charge in [0.25, 0.3) is 0 Å². The minimum absolute atomic E-state index is 0. The van der Waals surface area contributed by atoms with E-state index in [9.17, 15) is 19.2 Å². The molecule has 0 atom stereocenters. The van der Waals surface area contributed by atoms with E-state index in [0.29, 0.717) is 0 Å². The molecule has 0 saturated heterocycles. The van der Waals surface area contributed by atoms with Crippen molar-refractivity contribution in [2.75, 3.05) is 39.3 Å². The number of nitrogens with zero attached hydrogens (tertiary/aromatic N) is 2. The van der Waals surface area contributed by atoms with Gasteiger partial charge >= 0.3 is 0 Å². The van der Waals surface area contributed by atoms with Crippen molar-refractivity contribution in [3.05, 3.63) is 0 Å². The van der Waals surface area contributed by atoms with Crippen LogP contribution in [0.3, 0.4) is 0 Å². The maximum Gasteiger partial charge on any atom is 0.248 e. The maximum absolute atomic E-state index is 11.4. The van der Waals surface area contributed by atoms with Crippen LogP contribution >= 0.6 is 0 Å². The summed E-state index contributed by atoms with van der Waals surface area (Å²) in [6.45, 7) is -0.380. The van der Waals surface area contributed by atoms with Crippen molar-refractivity contribution in [1.29, 1.82) is 0 Å². The van der Waals surface area contributed by atoms with Crippen LogP contribution in [0.4, 0.5) is 0 Å². The van der Waals surface area contributed by atoms with Crippen molar-refractivity contribution < 1.29 is 19.2 Å². The van der Waals surface area contributed by atoms with Gasteiger partial charge in [0.05, 0.1) is 26.2 Å². The molecule has 12 N–H and O–H groups in total. The first-order chi connectivity index (χ1) is 11.4. The largest absolute Gasteiger partial charge is 0.293 e. The topological polar surface area (TPSA) is 227 Å². The first-order valence-electron chi connectivity index (χ1n) is 6.78. The van der Waals surface area contributed by atoms with Crippen LogP contribution in [0.5, 0.6) is 0 Å². The Morgan fingerprint density at radius 2 is 0.731 bits per heavy atom. The summed E-state index contributed by atoms with van der Waals surface area (Å²) in [4.78, 5) is 48.3. The molecule has 0 spiro atoms. The Hall–Kier alpha value is 0.913. The number of hydrogen-bond donors (Lipinski definition) is 8. The normalized spacial score (nSPS) is 9.62. The van der Waals surface area contributed by atoms with Crippen LogP contribution in [0.2, 0.25) is 0 Å². The van der Waals surface area contributed by atoms with Crippen molar-refractivity contribution in [2.24, 2.45) is 23.4 Å². The van der Waals surface area contributed by atoms with Crippen LogP contribution < -0.4 is 45.1 Å². The molecule has 4 amide bonds. The van der Waals surface area contributed by atoms with Gasteiger partial charge < -0.3 is 0 Å². The Bertz CT molecular complexity index is 380. The Morgan fingerprint density at radius 3 is 0.885 bits per heavy atom. The molecule has 0 aliphatic heterocycles. The summed E-state index contributed by atoms with van der Waals surface area (Å²) >= 11 is 0. The van der Waals surface area contributed by atoms with E-state index in [2.05, 4.69) is 0 Å². The van der Waals surface area contributed by atoms with Crippen molar-refractivity contribution in [3.8, 4) is 0 Å². The average molecular weight is 427 g/mol. The minimum atomic E-state index is -0.522. The molecule has 14 nitrogen and oxygen atoms in total. The molecule has 0 rings (SSSR count). The average Bonchev–Trinajstić information content (AvgIpc) is 2.58. The Labute approximate surface area is 235 Å². The molecule has 2 radical (unpaired) electrons.